The van der Waals surface area contributed by atoms with E-state index in [2.05, 4.69) is 34.6 Å². The minimum atomic E-state index is -0.710. The summed E-state index contributed by atoms with van der Waals surface area (Å²) in [7, 11) is 1.55. The summed E-state index contributed by atoms with van der Waals surface area (Å²) in [4.78, 5) is 32.0. The summed E-state index contributed by atoms with van der Waals surface area (Å²) >= 11 is 1.43. The van der Waals surface area contributed by atoms with Crippen molar-refractivity contribution in [2.75, 3.05) is 12.4 Å². The van der Waals surface area contributed by atoms with Gasteiger partial charge in [-0.2, -0.15) is 0 Å². The minimum absolute atomic E-state index is 0.226. The van der Waals surface area contributed by atoms with Gasteiger partial charge in [-0.1, -0.05) is 55.5 Å². The molecule has 1 unspecified atom stereocenters. The first-order chi connectivity index (χ1) is 16.6. The fourth-order valence-electron chi connectivity index (χ4n) is 4.21. The largest absolute Gasteiger partial charge is 0.495 e. The molecule has 0 aliphatic carbocycles. The molecule has 5 rings (SSSR count). The Hall–Kier alpha value is -3.97. The van der Waals surface area contributed by atoms with Gasteiger partial charge in [0.25, 0.3) is 5.56 Å². The van der Waals surface area contributed by atoms with E-state index < -0.39 is 6.04 Å². The van der Waals surface area contributed by atoms with Crippen LogP contribution in [0, 0.1) is 0 Å². The number of amides is 1. The Morgan fingerprint density at radius 2 is 1.85 bits per heavy atom. The van der Waals surface area contributed by atoms with Crippen LogP contribution in [0.15, 0.2) is 83.2 Å². The third kappa shape index (κ3) is 3.84. The molecule has 7 heteroatoms. The highest BCUT2D eigenvalue weighted by Crippen LogP contribution is 2.33. The molecule has 0 aliphatic heterocycles. The van der Waals surface area contributed by atoms with Crippen molar-refractivity contribution >= 4 is 43.9 Å². The first-order valence-corrected chi connectivity index (χ1v) is 11.9. The molecule has 1 amide bonds. The quantitative estimate of drug-likeness (QED) is 0.337. The summed E-state index contributed by atoms with van der Waals surface area (Å²) in [5.74, 6) is 0.265. The van der Waals surface area contributed by atoms with Gasteiger partial charge >= 0.3 is 0 Å². The number of thiophene rings is 1. The van der Waals surface area contributed by atoms with Crippen LogP contribution in [0.5, 0.6) is 5.75 Å². The van der Waals surface area contributed by atoms with E-state index in [1.807, 2.05) is 42.6 Å². The van der Waals surface area contributed by atoms with Gasteiger partial charge in [-0.25, -0.2) is 4.98 Å². The van der Waals surface area contributed by atoms with Crippen molar-refractivity contribution in [1.29, 1.82) is 0 Å². The van der Waals surface area contributed by atoms with Crippen LogP contribution in [-0.2, 0) is 4.79 Å². The Bertz CT molecular complexity index is 1570. The van der Waals surface area contributed by atoms with Crippen molar-refractivity contribution in [1.82, 2.24) is 9.55 Å². The highest BCUT2D eigenvalue weighted by molar-refractivity contribution is 7.17. The number of hydrogen-bond acceptors (Lipinski definition) is 5. The third-order valence-electron chi connectivity index (χ3n) is 5.97. The van der Waals surface area contributed by atoms with Crippen LogP contribution in [-0.4, -0.2) is 22.6 Å². The van der Waals surface area contributed by atoms with Crippen LogP contribution in [0.4, 0.5) is 5.69 Å². The Kier molecular flexibility index (Phi) is 5.86. The summed E-state index contributed by atoms with van der Waals surface area (Å²) in [6.45, 7) is 1.88. The monoisotopic (exact) mass is 469 g/mol. The Balaban J connectivity index is 1.56. The van der Waals surface area contributed by atoms with E-state index >= 15 is 0 Å². The summed E-state index contributed by atoms with van der Waals surface area (Å²) < 4.78 is 6.77. The Morgan fingerprint density at radius 3 is 2.65 bits per heavy atom. The van der Waals surface area contributed by atoms with Crippen molar-refractivity contribution in [3.05, 3.63) is 88.8 Å². The molecule has 0 aliphatic rings. The van der Waals surface area contributed by atoms with E-state index in [0.717, 1.165) is 21.9 Å². The zero-order valence-corrected chi connectivity index (χ0v) is 19.6. The van der Waals surface area contributed by atoms with Crippen molar-refractivity contribution in [3.8, 4) is 16.9 Å². The summed E-state index contributed by atoms with van der Waals surface area (Å²) in [5, 5.41) is 7.64. The number of benzene rings is 3. The highest BCUT2D eigenvalue weighted by atomic mass is 32.1. The van der Waals surface area contributed by atoms with Crippen LogP contribution in [0.3, 0.4) is 0 Å². The van der Waals surface area contributed by atoms with E-state index in [-0.39, 0.29) is 11.5 Å². The predicted octanol–water partition coefficient (Wildman–Crippen LogP) is 5.88. The van der Waals surface area contributed by atoms with E-state index in [9.17, 15) is 9.59 Å². The maximum absolute atomic E-state index is 13.7. The van der Waals surface area contributed by atoms with Crippen LogP contribution < -0.4 is 15.6 Å². The lowest BCUT2D eigenvalue weighted by Gasteiger charge is -2.18. The molecule has 0 fully saturated rings. The number of methoxy groups -OCH3 is 1. The molecule has 3 aromatic carbocycles. The van der Waals surface area contributed by atoms with Gasteiger partial charge in [-0.3, -0.25) is 14.2 Å². The molecule has 34 heavy (non-hydrogen) atoms. The van der Waals surface area contributed by atoms with E-state index in [1.54, 1.807) is 19.2 Å². The molecule has 0 bridgehead atoms. The lowest BCUT2D eigenvalue weighted by atomic mass is 10.0. The number of anilines is 1. The standard InChI is InChI=1S/C27H23N3O3S/c1-3-22(25(31)29-21-10-6-7-11-23(21)33-2)30-16-28-26-24(27(30)32)20(15-34-26)19-13-12-17-8-4-5-9-18(17)14-19/h4-16,22H,3H2,1-2H3,(H,29,31). The molecule has 0 saturated heterocycles. The molecule has 2 heterocycles. The summed E-state index contributed by atoms with van der Waals surface area (Å²) in [6, 6.07) is 20.8. The molecular formula is C27H23N3O3S. The third-order valence-corrected chi connectivity index (χ3v) is 6.86. The molecule has 2 aromatic heterocycles. The Morgan fingerprint density at radius 1 is 1.09 bits per heavy atom. The lowest BCUT2D eigenvalue weighted by Crippen LogP contribution is -2.33. The summed E-state index contributed by atoms with van der Waals surface area (Å²) in [6.07, 6.45) is 1.91. The van der Waals surface area contributed by atoms with Crippen molar-refractivity contribution in [2.45, 2.75) is 19.4 Å². The zero-order chi connectivity index (χ0) is 23.7. The van der Waals surface area contributed by atoms with Gasteiger partial charge in [0.15, 0.2) is 0 Å². The van der Waals surface area contributed by atoms with Crippen molar-refractivity contribution in [3.63, 3.8) is 0 Å². The topological polar surface area (TPSA) is 73.2 Å². The first-order valence-electron chi connectivity index (χ1n) is 11.0. The molecule has 1 atom stereocenters. The van der Waals surface area contributed by atoms with Crippen LogP contribution in [0.1, 0.15) is 19.4 Å². The van der Waals surface area contributed by atoms with Gasteiger partial charge in [-0.05, 0) is 41.0 Å². The molecule has 5 aromatic rings. The lowest BCUT2D eigenvalue weighted by molar-refractivity contribution is -0.119. The van der Waals surface area contributed by atoms with Gasteiger partial charge in [0, 0.05) is 10.9 Å². The average molecular weight is 470 g/mol. The van der Waals surface area contributed by atoms with Gasteiger partial charge < -0.3 is 10.1 Å². The number of ether oxygens (including phenoxy) is 1. The fourth-order valence-corrected chi connectivity index (χ4v) is 5.12. The number of fused-ring (bicyclic) bond motifs is 2. The van der Waals surface area contributed by atoms with Gasteiger partial charge in [0.1, 0.15) is 16.6 Å². The van der Waals surface area contributed by atoms with E-state index in [1.165, 1.54) is 22.2 Å². The summed E-state index contributed by atoms with van der Waals surface area (Å²) in [5.41, 5.74) is 2.12. The van der Waals surface area contributed by atoms with Gasteiger partial charge in [0.05, 0.1) is 24.5 Å². The Labute approximate surface area is 200 Å². The second-order valence-electron chi connectivity index (χ2n) is 7.96. The second-order valence-corrected chi connectivity index (χ2v) is 8.82. The maximum Gasteiger partial charge on any atom is 0.263 e. The average Bonchev–Trinajstić information content (AvgIpc) is 3.31. The first kappa shape index (κ1) is 21.9. The van der Waals surface area contributed by atoms with Crippen LogP contribution in [0.25, 0.3) is 32.1 Å². The van der Waals surface area contributed by atoms with Gasteiger partial charge in [-0.15, -0.1) is 11.3 Å². The maximum atomic E-state index is 13.7. The number of nitrogens with zero attached hydrogens (tertiary/aromatic N) is 2. The number of aromatic nitrogens is 2. The van der Waals surface area contributed by atoms with Gasteiger partial charge in [0.2, 0.25) is 5.91 Å². The number of para-hydroxylation sites is 2. The predicted molar refractivity (Wildman–Crippen MR) is 138 cm³/mol. The minimum Gasteiger partial charge on any atom is -0.495 e. The second kappa shape index (κ2) is 9.11. The number of hydrogen-bond donors (Lipinski definition) is 1. The van der Waals surface area contributed by atoms with Crippen molar-refractivity contribution < 1.29 is 9.53 Å². The number of carbonyl (C=O) groups excluding carboxylic acids is 1. The molecule has 0 saturated carbocycles. The zero-order valence-electron chi connectivity index (χ0n) is 18.8. The molecule has 0 spiro atoms. The molecule has 1 N–H and O–H groups in total. The van der Waals surface area contributed by atoms with Crippen molar-refractivity contribution in [2.24, 2.45) is 0 Å². The normalized spacial score (nSPS) is 12.1. The molecule has 170 valence electrons. The molecule has 0 radical (unpaired) electrons. The number of rotatable bonds is 6. The van der Waals surface area contributed by atoms with Crippen LogP contribution >= 0.6 is 11.3 Å². The SMILES string of the molecule is CCC(C(=O)Nc1ccccc1OC)n1cnc2scc(-c3ccc4ccccc4c3)c2c1=O. The fraction of sp³-hybridized carbons (Fsp3) is 0.148. The highest BCUT2D eigenvalue weighted by Gasteiger charge is 2.23. The molecule has 6 nitrogen and oxygen atoms in total. The molecular weight excluding hydrogens is 446 g/mol. The number of nitrogens with one attached hydrogen (secondary N) is 1. The van der Waals surface area contributed by atoms with E-state index in [4.69, 9.17) is 4.74 Å². The van der Waals surface area contributed by atoms with Crippen LogP contribution in [0.2, 0.25) is 0 Å². The van der Waals surface area contributed by atoms with E-state index in [0.29, 0.717) is 28.1 Å². The smallest absolute Gasteiger partial charge is 0.263 e. The number of carbonyl (C=O) groups is 1.